The molecule has 0 spiro atoms. The second-order valence-corrected chi connectivity index (χ2v) is 5.81. The zero-order valence-electron chi connectivity index (χ0n) is 12.0. The number of ether oxygens (including phenoxy) is 1. The minimum Gasteiger partial charge on any atom is -0.378 e. The SMILES string of the molecule is O=C(CCC1CCCCO1)NCCC1CCCCN1. The Morgan fingerprint density at radius 1 is 1.16 bits per heavy atom. The number of piperidine rings is 1. The van der Waals surface area contributed by atoms with Crippen LogP contribution in [0, 0.1) is 0 Å². The lowest BCUT2D eigenvalue weighted by atomic mass is 10.0. The fourth-order valence-corrected chi connectivity index (χ4v) is 2.97. The predicted molar refractivity (Wildman–Crippen MR) is 76.1 cm³/mol. The van der Waals surface area contributed by atoms with Crippen LogP contribution in [0.5, 0.6) is 0 Å². The van der Waals surface area contributed by atoms with Gasteiger partial charge in [-0.15, -0.1) is 0 Å². The highest BCUT2D eigenvalue weighted by atomic mass is 16.5. The molecule has 0 aliphatic carbocycles. The summed E-state index contributed by atoms with van der Waals surface area (Å²) in [5.74, 6) is 0.185. The molecule has 0 aromatic rings. The first-order valence-corrected chi connectivity index (χ1v) is 7.96. The first-order valence-electron chi connectivity index (χ1n) is 7.96. The molecule has 2 N–H and O–H groups in total. The largest absolute Gasteiger partial charge is 0.378 e. The summed E-state index contributed by atoms with van der Waals surface area (Å²) in [4.78, 5) is 11.7. The molecular weight excluding hydrogens is 240 g/mol. The van der Waals surface area contributed by atoms with Gasteiger partial charge in [0.25, 0.3) is 0 Å². The Bertz CT molecular complexity index is 259. The number of amides is 1. The number of carbonyl (C=O) groups is 1. The molecule has 2 aliphatic rings. The van der Waals surface area contributed by atoms with Crippen molar-refractivity contribution in [3.05, 3.63) is 0 Å². The Morgan fingerprint density at radius 3 is 2.79 bits per heavy atom. The van der Waals surface area contributed by atoms with Crippen LogP contribution < -0.4 is 10.6 Å². The average molecular weight is 268 g/mol. The van der Waals surface area contributed by atoms with Gasteiger partial charge in [-0.3, -0.25) is 4.79 Å². The minimum atomic E-state index is 0.185. The molecule has 19 heavy (non-hydrogen) atoms. The van der Waals surface area contributed by atoms with Crippen LogP contribution in [0.15, 0.2) is 0 Å². The summed E-state index contributed by atoms with van der Waals surface area (Å²) in [5.41, 5.74) is 0. The van der Waals surface area contributed by atoms with E-state index in [0.717, 1.165) is 39.0 Å². The van der Waals surface area contributed by atoms with Gasteiger partial charge in [0, 0.05) is 25.6 Å². The summed E-state index contributed by atoms with van der Waals surface area (Å²) in [5, 5.41) is 6.54. The van der Waals surface area contributed by atoms with E-state index in [0.29, 0.717) is 18.6 Å². The highest BCUT2D eigenvalue weighted by Crippen LogP contribution is 2.16. The van der Waals surface area contributed by atoms with Gasteiger partial charge in [0.1, 0.15) is 0 Å². The maximum atomic E-state index is 11.7. The predicted octanol–water partition coefficient (Wildman–Crippen LogP) is 1.98. The second kappa shape index (κ2) is 8.54. The van der Waals surface area contributed by atoms with Crippen molar-refractivity contribution in [3.63, 3.8) is 0 Å². The molecule has 2 aliphatic heterocycles. The number of nitrogens with one attached hydrogen (secondary N) is 2. The van der Waals surface area contributed by atoms with Crippen molar-refractivity contribution in [2.24, 2.45) is 0 Å². The molecule has 4 heteroatoms. The Morgan fingerprint density at radius 2 is 2.05 bits per heavy atom. The van der Waals surface area contributed by atoms with Gasteiger partial charge in [0.2, 0.25) is 5.91 Å². The summed E-state index contributed by atoms with van der Waals surface area (Å²) in [7, 11) is 0. The molecule has 2 unspecified atom stereocenters. The first-order chi connectivity index (χ1) is 9.34. The van der Waals surface area contributed by atoms with Crippen LogP contribution in [0.3, 0.4) is 0 Å². The van der Waals surface area contributed by atoms with Crippen molar-refractivity contribution in [1.29, 1.82) is 0 Å². The van der Waals surface area contributed by atoms with E-state index >= 15 is 0 Å². The van der Waals surface area contributed by atoms with Gasteiger partial charge in [-0.1, -0.05) is 6.42 Å². The van der Waals surface area contributed by atoms with Gasteiger partial charge in [-0.2, -0.15) is 0 Å². The molecule has 110 valence electrons. The fourth-order valence-electron chi connectivity index (χ4n) is 2.97. The number of hydrogen-bond donors (Lipinski definition) is 2. The van der Waals surface area contributed by atoms with Crippen molar-refractivity contribution in [2.75, 3.05) is 19.7 Å². The molecule has 2 rings (SSSR count). The second-order valence-electron chi connectivity index (χ2n) is 5.81. The van der Waals surface area contributed by atoms with E-state index in [1.54, 1.807) is 0 Å². The normalized spacial score (nSPS) is 28.0. The van der Waals surface area contributed by atoms with Crippen molar-refractivity contribution >= 4 is 5.91 Å². The molecule has 0 bridgehead atoms. The lowest BCUT2D eigenvalue weighted by Crippen LogP contribution is -2.37. The van der Waals surface area contributed by atoms with Gasteiger partial charge < -0.3 is 15.4 Å². The third-order valence-corrected chi connectivity index (χ3v) is 4.19. The monoisotopic (exact) mass is 268 g/mol. The smallest absolute Gasteiger partial charge is 0.220 e. The van der Waals surface area contributed by atoms with E-state index in [1.807, 2.05) is 0 Å². The highest BCUT2D eigenvalue weighted by molar-refractivity contribution is 5.75. The zero-order chi connectivity index (χ0) is 13.3. The summed E-state index contributed by atoms with van der Waals surface area (Å²) < 4.78 is 5.64. The van der Waals surface area contributed by atoms with Crippen LogP contribution in [0.2, 0.25) is 0 Å². The number of rotatable bonds is 6. The molecular formula is C15H28N2O2. The summed E-state index contributed by atoms with van der Waals surface area (Å²) in [6.07, 6.45) is 10.3. The molecule has 2 saturated heterocycles. The quantitative estimate of drug-likeness (QED) is 0.774. The van der Waals surface area contributed by atoms with Crippen LogP contribution in [0.25, 0.3) is 0 Å². The third kappa shape index (κ3) is 5.91. The lowest BCUT2D eigenvalue weighted by Gasteiger charge is -2.24. The van der Waals surface area contributed by atoms with E-state index in [9.17, 15) is 4.79 Å². The highest BCUT2D eigenvalue weighted by Gasteiger charge is 2.16. The van der Waals surface area contributed by atoms with Crippen molar-refractivity contribution in [1.82, 2.24) is 10.6 Å². The van der Waals surface area contributed by atoms with E-state index in [4.69, 9.17) is 4.74 Å². The third-order valence-electron chi connectivity index (χ3n) is 4.19. The molecule has 0 aromatic heterocycles. The molecule has 2 atom stereocenters. The topological polar surface area (TPSA) is 50.4 Å². The van der Waals surface area contributed by atoms with Crippen LogP contribution >= 0.6 is 0 Å². The van der Waals surface area contributed by atoms with Gasteiger partial charge in [-0.05, 0) is 51.5 Å². The molecule has 4 nitrogen and oxygen atoms in total. The number of hydrogen-bond acceptors (Lipinski definition) is 3. The van der Waals surface area contributed by atoms with Crippen molar-refractivity contribution in [2.45, 2.75) is 69.9 Å². The average Bonchev–Trinajstić information content (AvgIpc) is 2.47. The van der Waals surface area contributed by atoms with Crippen LogP contribution in [-0.2, 0) is 9.53 Å². The maximum absolute atomic E-state index is 11.7. The fraction of sp³-hybridized carbons (Fsp3) is 0.933. The van der Waals surface area contributed by atoms with E-state index in [2.05, 4.69) is 10.6 Å². The zero-order valence-corrected chi connectivity index (χ0v) is 12.0. The van der Waals surface area contributed by atoms with Gasteiger partial charge in [0.15, 0.2) is 0 Å². The van der Waals surface area contributed by atoms with Crippen LogP contribution in [0.1, 0.15) is 57.8 Å². The Hall–Kier alpha value is -0.610. The van der Waals surface area contributed by atoms with Crippen molar-refractivity contribution < 1.29 is 9.53 Å². The molecule has 1 amide bonds. The molecule has 2 heterocycles. The van der Waals surface area contributed by atoms with E-state index in [1.165, 1.54) is 32.1 Å². The van der Waals surface area contributed by atoms with Gasteiger partial charge >= 0.3 is 0 Å². The summed E-state index contributed by atoms with van der Waals surface area (Å²) >= 11 is 0. The Labute approximate surface area is 116 Å². The maximum Gasteiger partial charge on any atom is 0.220 e. The summed E-state index contributed by atoms with van der Waals surface area (Å²) in [6.45, 7) is 2.82. The molecule has 2 fully saturated rings. The first kappa shape index (κ1) is 14.8. The lowest BCUT2D eigenvalue weighted by molar-refractivity contribution is -0.122. The van der Waals surface area contributed by atoms with E-state index < -0.39 is 0 Å². The Balaban J connectivity index is 1.49. The van der Waals surface area contributed by atoms with Crippen molar-refractivity contribution in [3.8, 4) is 0 Å². The summed E-state index contributed by atoms with van der Waals surface area (Å²) in [6, 6.07) is 0.607. The van der Waals surface area contributed by atoms with Crippen LogP contribution in [-0.4, -0.2) is 37.7 Å². The number of carbonyl (C=O) groups excluding carboxylic acids is 1. The molecule has 0 aromatic carbocycles. The van der Waals surface area contributed by atoms with Crippen LogP contribution in [0.4, 0.5) is 0 Å². The van der Waals surface area contributed by atoms with Gasteiger partial charge in [0.05, 0.1) is 6.10 Å². The Kier molecular flexibility index (Phi) is 6.65. The molecule has 0 radical (unpaired) electrons. The van der Waals surface area contributed by atoms with Gasteiger partial charge in [-0.25, -0.2) is 0 Å². The standard InChI is InChI=1S/C15H28N2O2/c18-15(8-7-14-6-2-4-12-19-14)17-11-9-13-5-1-3-10-16-13/h13-14,16H,1-12H2,(H,17,18). The molecule has 0 saturated carbocycles. The minimum absolute atomic E-state index is 0.185. The van der Waals surface area contributed by atoms with E-state index in [-0.39, 0.29) is 5.91 Å².